The normalized spacial score (nSPS) is 22.3. The maximum Gasteiger partial charge on any atom is 0.318 e. The average molecular weight is 421 g/mol. The van der Waals surface area contributed by atoms with Gasteiger partial charge in [0, 0.05) is 25.2 Å². The second-order valence-corrected chi connectivity index (χ2v) is 7.71. The highest BCUT2D eigenvalue weighted by molar-refractivity contribution is 9.10. The molecule has 1 unspecified atom stereocenters. The first-order valence-electron chi connectivity index (χ1n) is 8.82. The number of nitrogens with one attached hydrogen (secondary N) is 2. The van der Waals surface area contributed by atoms with Crippen molar-refractivity contribution >= 4 is 39.5 Å². The van der Waals surface area contributed by atoms with E-state index in [1.807, 2.05) is 24.6 Å². The third kappa shape index (κ3) is 3.04. The SMILES string of the molecule is CCNc1nc(Nc2cc(C3(C)CCOC3=O)nn2C2CC2)ncc1Br. The maximum atomic E-state index is 12.2. The van der Waals surface area contributed by atoms with E-state index in [2.05, 4.69) is 36.5 Å². The molecule has 26 heavy (non-hydrogen) atoms. The Hall–Kier alpha value is -2.16. The lowest BCUT2D eigenvalue weighted by atomic mass is 9.85. The van der Waals surface area contributed by atoms with Gasteiger partial charge >= 0.3 is 5.97 Å². The van der Waals surface area contributed by atoms with Crippen molar-refractivity contribution in [3.05, 3.63) is 22.4 Å². The number of hydrogen-bond acceptors (Lipinski definition) is 7. The summed E-state index contributed by atoms with van der Waals surface area (Å²) in [5, 5.41) is 11.2. The molecule has 0 amide bonds. The highest BCUT2D eigenvalue weighted by Crippen LogP contribution is 2.41. The number of nitrogens with zero attached hydrogens (tertiary/aromatic N) is 4. The minimum absolute atomic E-state index is 0.209. The van der Waals surface area contributed by atoms with E-state index in [0.29, 0.717) is 25.0 Å². The first-order valence-corrected chi connectivity index (χ1v) is 9.61. The summed E-state index contributed by atoms with van der Waals surface area (Å²) in [6.07, 6.45) is 4.52. The number of esters is 1. The Kier molecular flexibility index (Phi) is 4.34. The van der Waals surface area contributed by atoms with Crippen LogP contribution in [0, 0.1) is 0 Å². The zero-order chi connectivity index (χ0) is 18.3. The van der Waals surface area contributed by atoms with Gasteiger partial charge in [-0.15, -0.1) is 0 Å². The van der Waals surface area contributed by atoms with E-state index in [1.165, 1.54) is 0 Å². The van der Waals surface area contributed by atoms with E-state index in [-0.39, 0.29) is 5.97 Å². The van der Waals surface area contributed by atoms with Gasteiger partial charge in [0.25, 0.3) is 0 Å². The van der Waals surface area contributed by atoms with Crippen LogP contribution in [0.1, 0.15) is 44.8 Å². The summed E-state index contributed by atoms with van der Waals surface area (Å²) in [6, 6.07) is 2.28. The zero-order valence-electron chi connectivity index (χ0n) is 14.8. The number of carbonyl (C=O) groups excluding carboxylic acids is 1. The lowest BCUT2D eigenvalue weighted by molar-refractivity contribution is -0.142. The lowest BCUT2D eigenvalue weighted by Gasteiger charge is -2.15. The summed E-state index contributed by atoms with van der Waals surface area (Å²) in [5.41, 5.74) is 0.0462. The fourth-order valence-corrected chi connectivity index (χ4v) is 3.36. The Morgan fingerprint density at radius 1 is 1.46 bits per heavy atom. The molecule has 138 valence electrons. The van der Waals surface area contributed by atoms with Gasteiger partial charge in [-0.1, -0.05) is 0 Å². The number of ether oxygens (including phenoxy) is 1. The molecule has 2 aromatic rings. The van der Waals surface area contributed by atoms with E-state index in [0.717, 1.165) is 41.2 Å². The van der Waals surface area contributed by atoms with Gasteiger partial charge in [0.2, 0.25) is 5.95 Å². The summed E-state index contributed by atoms with van der Waals surface area (Å²) >= 11 is 3.44. The van der Waals surface area contributed by atoms with Crippen molar-refractivity contribution in [3.63, 3.8) is 0 Å². The number of hydrogen-bond donors (Lipinski definition) is 2. The number of carbonyl (C=O) groups is 1. The van der Waals surface area contributed by atoms with Crippen molar-refractivity contribution in [3.8, 4) is 0 Å². The maximum absolute atomic E-state index is 12.2. The molecule has 9 heteroatoms. The monoisotopic (exact) mass is 420 g/mol. The molecule has 0 spiro atoms. The van der Waals surface area contributed by atoms with Crippen molar-refractivity contribution in [2.24, 2.45) is 0 Å². The molecule has 0 radical (unpaired) electrons. The van der Waals surface area contributed by atoms with Crippen LogP contribution in [0.4, 0.5) is 17.6 Å². The molecule has 2 aliphatic rings. The molecule has 3 heterocycles. The van der Waals surface area contributed by atoms with Gasteiger partial charge in [0.05, 0.1) is 22.8 Å². The molecule has 8 nitrogen and oxygen atoms in total. The van der Waals surface area contributed by atoms with Crippen LogP contribution in [-0.2, 0) is 14.9 Å². The molecule has 2 N–H and O–H groups in total. The number of halogens is 1. The smallest absolute Gasteiger partial charge is 0.318 e. The molecular formula is C17H21BrN6O2. The largest absolute Gasteiger partial charge is 0.465 e. The van der Waals surface area contributed by atoms with Crippen molar-refractivity contribution in [2.75, 3.05) is 23.8 Å². The topological polar surface area (TPSA) is 94.0 Å². The Balaban J connectivity index is 1.66. The third-order valence-corrected chi connectivity index (χ3v) is 5.39. The van der Waals surface area contributed by atoms with E-state index in [9.17, 15) is 4.79 Å². The Morgan fingerprint density at radius 3 is 2.92 bits per heavy atom. The molecule has 2 fully saturated rings. The van der Waals surface area contributed by atoms with Gasteiger partial charge in [0.15, 0.2) is 0 Å². The quantitative estimate of drug-likeness (QED) is 0.692. The van der Waals surface area contributed by atoms with Crippen molar-refractivity contribution in [1.29, 1.82) is 0 Å². The minimum atomic E-state index is -0.688. The minimum Gasteiger partial charge on any atom is -0.465 e. The van der Waals surface area contributed by atoms with Crippen LogP contribution in [-0.4, -0.2) is 38.9 Å². The molecule has 1 atom stereocenters. The second kappa shape index (κ2) is 6.53. The highest BCUT2D eigenvalue weighted by Gasteiger charge is 2.44. The van der Waals surface area contributed by atoms with Crippen LogP contribution in [0.25, 0.3) is 0 Å². The van der Waals surface area contributed by atoms with E-state index in [1.54, 1.807) is 6.20 Å². The van der Waals surface area contributed by atoms with Crippen LogP contribution in [0.5, 0.6) is 0 Å². The predicted molar refractivity (Wildman–Crippen MR) is 101 cm³/mol. The number of anilines is 3. The van der Waals surface area contributed by atoms with Gasteiger partial charge in [-0.3, -0.25) is 4.79 Å². The zero-order valence-corrected chi connectivity index (χ0v) is 16.3. The van der Waals surface area contributed by atoms with Gasteiger partial charge < -0.3 is 15.4 Å². The second-order valence-electron chi connectivity index (χ2n) is 6.85. The standard InChI is InChI=1S/C17H21BrN6O2/c1-3-19-14-11(18)9-20-16(22-14)21-13-8-12(23-24(13)10-4-5-10)17(2)6-7-26-15(17)25/h8-10H,3-7H2,1-2H3,(H2,19,20,21,22). The molecule has 1 aliphatic carbocycles. The summed E-state index contributed by atoms with van der Waals surface area (Å²) in [5.74, 6) is 1.80. The number of rotatable bonds is 6. The number of cyclic esters (lactones) is 1. The molecule has 1 aliphatic heterocycles. The Morgan fingerprint density at radius 2 is 2.27 bits per heavy atom. The molecule has 0 bridgehead atoms. The van der Waals surface area contributed by atoms with Crippen LogP contribution in [0.3, 0.4) is 0 Å². The van der Waals surface area contributed by atoms with Gasteiger partial charge in [0.1, 0.15) is 17.1 Å². The van der Waals surface area contributed by atoms with E-state index in [4.69, 9.17) is 9.84 Å². The summed E-state index contributed by atoms with van der Waals surface area (Å²) in [7, 11) is 0. The molecular weight excluding hydrogens is 400 g/mol. The molecule has 1 saturated heterocycles. The predicted octanol–water partition coefficient (Wildman–Crippen LogP) is 3.15. The summed E-state index contributed by atoms with van der Waals surface area (Å²) in [6.45, 7) is 5.11. The lowest BCUT2D eigenvalue weighted by Crippen LogP contribution is -2.28. The fourth-order valence-electron chi connectivity index (χ4n) is 3.03. The highest BCUT2D eigenvalue weighted by atomic mass is 79.9. The van der Waals surface area contributed by atoms with Crippen molar-refractivity contribution in [1.82, 2.24) is 19.7 Å². The van der Waals surface area contributed by atoms with Crippen molar-refractivity contribution < 1.29 is 9.53 Å². The van der Waals surface area contributed by atoms with Gasteiger partial charge in [-0.25, -0.2) is 9.67 Å². The first-order chi connectivity index (χ1) is 12.5. The molecule has 2 aromatic heterocycles. The van der Waals surface area contributed by atoms with Gasteiger partial charge in [-0.05, 0) is 42.6 Å². The van der Waals surface area contributed by atoms with Crippen molar-refractivity contribution in [2.45, 2.75) is 44.6 Å². The average Bonchev–Trinajstić information content (AvgIpc) is 3.29. The van der Waals surface area contributed by atoms with E-state index < -0.39 is 5.41 Å². The number of aromatic nitrogens is 4. The molecule has 1 saturated carbocycles. The molecule has 0 aromatic carbocycles. The first kappa shape index (κ1) is 17.3. The van der Waals surface area contributed by atoms with E-state index >= 15 is 0 Å². The summed E-state index contributed by atoms with van der Waals surface area (Å²) in [4.78, 5) is 21.0. The van der Waals surface area contributed by atoms with Crippen LogP contribution >= 0.6 is 15.9 Å². The Bertz CT molecular complexity index is 850. The fraction of sp³-hybridized carbons (Fsp3) is 0.529. The van der Waals surface area contributed by atoms with Crippen LogP contribution in [0.2, 0.25) is 0 Å². The summed E-state index contributed by atoms with van der Waals surface area (Å²) < 4.78 is 7.93. The third-order valence-electron chi connectivity index (χ3n) is 4.81. The van der Waals surface area contributed by atoms with Crippen LogP contribution in [0.15, 0.2) is 16.7 Å². The molecule has 4 rings (SSSR count). The Labute approximate surface area is 159 Å². The van der Waals surface area contributed by atoms with Crippen LogP contribution < -0.4 is 10.6 Å². The van der Waals surface area contributed by atoms with Gasteiger partial charge in [-0.2, -0.15) is 10.1 Å².